The number of hydrogen-bond donors (Lipinski definition) is 0. The van der Waals surface area contributed by atoms with Gasteiger partial charge in [0.15, 0.2) is 9.84 Å². The van der Waals surface area contributed by atoms with E-state index >= 15 is 0 Å². The van der Waals surface area contributed by atoms with Crippen LogP contribution in [-0.4, -0.2) is 43.8 Å². The van der Waals surface area contributed by atoms with E-state index in [1.54, 1.807) is 11.9 Å². The van der Waals surface area contributed by atoms with E-state index in [0.717, 1.165) is 35.7 Å². The van der Waals surface area contributed by atoms with Crippen LogP contribution >= 0.6 is 15.9 Å². The summed E-state index contributed by atoms with van der Waals surface area (Å²) in [5.74, 6) is 0.381. The Morgan fingerprint density at radius 2 is 1.83 bits per heavy atom. The van der Waals surface area contributed by atoms with Crippen molar-refractivity contribution in [3.63, 3.8) is 0 Å². The van der Waals surface area contributed by atoms with Crippen molar-refractivity contribution in [1.29, 1.82) is 0 Å². The Bertz CT molecular complexity index is 693. The van der Waals surface area contributed by atoms with Crippen molar-refractivity contribution in [2.24, 2.45) is 0 Å². The molecule has 1 saturated heterocycles. The number of benzene rings is 1. The smallest absolute Gasteiger partial charge is 0.233 e. The van der Waals surface area contributed by atoms with Crippen LogP contribution in [0.5, 0.6) is 0 Å². The summed E-state index contributed by atoms with van der Waals surface area (Å²) in [6, 6.07) is 7.81. The zero-order valence-corrected chi connectivity index (χ0v) is 15.7. The molecule has 1 amide bonds. The first-order chi connectivity index (χ1) is 10.8. The maximum absolute atomic E-state index is 13.3. The molecule has 0 spiro atoms. The fraction of sp³-hybridized carbons (Fsp3) is 0.588. The topological polar surface area (TPSA) is 54.5 Å². The molecular formula is C17H22BrNO3S. The summed E-state index contributed by atoms with van der Waals surface area (Å²) in [5.41, 5.74) is 0.567. The Labute approximate surface area is 146 Å². The second kappa shape index (κ2) is 6.20. The van der Waals surface area contributed by atoms with Crippen molar-refractivity contribution in [2.75, 3.05) is 18.6 Å². The second-order valence-corrected chi connectivity index (χ2v) is 9.91. The molecule has 0 aromatic heterocycles. The quantitative estimate of drug-likeness (QED) is 0.784. The number of likely N-dealkylation sites (N-methyl/N-ethyl adjacent to an activating group) is 1. The third-order valence-electron chi connectivity index (χ3n) is 5.34. The lowest BCUT2D eigenvalue weighted by molar-refractivity contribution is -0.137. The summed E-state index contributed by atoms with van der Waals surface area (Å²) in [6.45, 7) is 0. The first-order valence-electron chi connectivity index (χ1n) is 8.08. The van der Waals surface area contributed by atoms with Crippen LogP contribution in [-0.2, 0) is 20.0 Å². The van der Waals surface area contributed by atoms with Gasteiger partial charge >= 0.3 is 0 Å². The predicted octanol–water partition coefficient (Wildman–Crippen LogP) is 2.91. The average Bonchev–Trinajstić information content (AvgIpc) is 3.14. The number of amides is 1. The number of carbonyl (C=O) groups is 1. The van der Waals surface area contributed by atoms with Crippen LogP contribution in [0.2, 0.25) is 0 Å². The van der Waals surface area contributed by atoms with Gasteiger partial charge in [0.05, 0.1) is 16.9 Å². The molecule has 0 bridgehead atoms. The van der Waals surface area contributed by atoms with Crippen LogP contribution in [0.15, 0.2) is 28.7 Å². The van der Waals surface area contributed by atoms with Gasteiger partial charge in [-0.25, -0.2) is 8.42 Å². The van der Waals surface area contributed by atoms with E-state index in [4.69, 9.17) is 0 Å². The molecule has 1 aromatic rings. The number of rotatable bonds is 3. The van der Waals surface area contributed by atoms with Gasteiger partial charge in [-0.1, -0.05) is 40.9 Å². The van der Waals surface area contributed by atoms with Crippen LogP contribution in [0.3, 0.4) is 0 Å². The maximum Gasteiger partial charge on any atom is 0.233 e. The number of carbonyl (C=O) groups excluding carboxylic acids is 1. The monoisotopic (exact) mass is 399 g/mol. The molecule has 0 N–H and O–H groups in total. The van der Waals surface area contributed by atoms with Gasteiger partial charge in [0, 0.05) is 17.6 Å². The van der Waals surface area contributed by atoms with Crippen molar-refractivity contribution < 1.29 is 13.2 Å². The largest absolute Gasteiger partial charge is 0.341 e. The maximum atomic E-state index is 13.3. The lowest BCUT2D eigenvalue weighted by atomic mass is 9.77. The third-order valence-corrected chi connectivity index (χ3v) is 7.62. The molecule has 1 saturated carbocycles. The summed E-state index contributed by atoms with van der Waals surface area (Å²) in [6.07, 6.45) is 4.33. The molecule has 1 heterocycles. The minimum Gasteiger partial charge on any atom is -0.341 e. The van der Waals surface area contributed by atoms with Gasteiger partial charge in [0.2, 0.25) is 5.91 Å². The summed E-state index contributed by atoms with van der Waals surface area (Å²) < 4.78 is 24.5. The summed E-state index contributed by atoms with van der Waals surface area (Å²) >= 11 is 3.44. The van der Waals surface area contributed by atoms with E-state index in [0.29, 0.717) is 6.42 Å². The molecule has 2 aliphatic rings. The van der Waals surface area contributed by atoms with E-state index in [-0.39, 0.29) is 23.5 Å². The first-order valence-corrected chi connectivity index (χ1v) is 10.7. The molecule has 6 heteroatoms. The molecule has 126 valence electrons. The highest BCUT2D eigenvalue weighted by Gasteiger charge is 2.46. The summed E-state index contributed by atoms with van der Waals surface area (Å²) in [7, 11) is -1.22. The molecule has 23 heavy (non-hydrogen) atoms. The Morgan fingerprint density at radius 1 is 1.22 bits per heavy atom. The minimum absolute atomic E-state index is 0.0828. The number of nitrogens with zero attached hydrogens (tertiary/aromatic N) is 1. The molecule has 1 aliphatic carbocycles. The summed E-state index contributed by atoms with van der Waals surface area (Å²) in [4.78, 5) is 15.0. The molecule has 0 radical (unpaired) electrons. The molecule has 1 aliphatic heterocycles. The highest BCUT2D eigenvalue weighted by molar-refractivity contribution is 9.10. The molecule has 1 aromatic carbocycles. The van der Waals surface area contributed by atoms with Gasteiger partial charge in [-0.2, -0.15) is 0 Å². The van der Waals surface area contributed by atoms with Crippen molar-refractivity contribution >= 4 is 31.7 Å². The van der Waals surface area contributed by atoms with Gasteiger partial charge in [0.1, 0.15) is 0 Å². The lowest BCUT2D eigenvalue weighted by Crippen LogP contribution is -2.48. The van der Waals surface area contributed by atoms with Gasteiger partial charge in [-0.05, 0) is 37.0 Å². The molecule has 2 fully saturated rings. The number of halogens is 1. The SMILES string of the molecule is CN(C(=O)C1(c2ccc(Br)cc2)CCCC1)[C@@H]1CCS(=O)(=O)C1. The van der Waals surface area contributed by atoms with E-state index in [9.17, 15) is 13.2 Å². The lowest BCUT2D eigenvalue weighted by Gasteiger charge is -2.35. The van der Waals surface area contributed by atoms with Crippen LogP contribution in [0.1, 0.15) is 37.7 Å². The summed E-state index contributed by atoms with van der Waals surface area (Å²) in [5, 5.41) is 0. The molecule has 1 atom stereocenters. The average molecular weight is 400 g/mol. The number of hydrogen-bond acceptors (Lipinski definition) is 3. The minimum atomic E-state index is -2.99. The Balaban J connectivity index is 1.89. The second-order valence-electron chi connectivity index (χ2n) is 6.77. The fourth-order valence-electron chi connectivity index (χ4n) is 3.96. The van der Waals surface area contributed by atoms with Crippen LogP contribution in [0.4, 0.5) is 0 Å². The van der Waals surface area contributed by atoms with E-state index in [1.165, 1.54) is 0 Å². The number of sulfone groups is 1. The van der Waals surface area contributed by atoms with E-state index < -0.39 is 15.3 Å². The van der Waals surface area contributed by atoms with Gasteiger partial charge in [-0.3, -0.25) is 4.79 Å². The van der Waals surface area contributed by atoms with E-state index in [2.05, 4.69) is 15.9 Å². The van der Waals surface area contributed by atoms with Gasteiger partial charge in [-0.15, -0.1) is 0 Å². The standard InChI is InChI=1S/C17H22BrNO3S/c1-19(15-8-11-23(21,22)12-15)16(20)17(9-2-3-10-17)13-4-6-14(18)7-5-13/h4-7,15H,2-3,8-12H2,1H3/t15-/m1/s1. The Hall–Kier alpha value is -0.880. The van der Waals surface area contributed by atoms with Gasteiger partial charge in [0.25, 0.3) is 0 Å². The normalized spacial score (nSPS) is 25.4. The van der Waals surface area contributed by atoms with Crippen LogP contribution in [0, 0.1) is 0 Å². The highest BCUT2D eigenvalue weighted by Crippen LogP contribution is 2.43. The molecular weight excluding hydrogens is 378 g/mol. The van der Waals surface area contributed by atoms with Crippen LogP contribution in [0.25, 0.3) is 0 Å². The van der Waals surface area contributed by atoms with E-state index in [1.807, 2.05) is 24.3 Å². The van der Waals surface area contributed by atoms with Crippen molar-refractivity contribution in [3.05, 3.63) is 34.3 Å². The van der Waals surface area contributed by atoms with Gasteiger partial charge < -0.3 is 4.90 Å². The predicted molar refractivity (Wildman–Crippen MR) is 94.1 cm³/mol. The first kappa shape index (κ1) is 17.0. The third kappa shape index (κ3) is 3.20. The Kier molecular flexibility index (Phi) is 4.58. The van der Waals surface area contributed by atoms with Crippen molar-refractivity contribution in [2.45, 2.75) is 43.6 Å². The molecule has 4 nitrogen and oxygen atoms in total. The fourth-order valence-corrected chi connectivity index (χ4v) is 6.00. The Morgan fingerprint density at radius 3 is 2.35 bits per heavy atom. The van der Waals surface area contributed by atoms with Crippen molar-refractivity contribution in [3.8, 4) is 0 Å². The zero-order valence-electron chi connectivity index (χ0n) is 13.3. The van der Waals surface area contributed by atoms with Crippen LogP contribution < -0.4 is 0 Å². The molecule has 0 unspecified atom stereocenters. The molecule has 3 rings (SSSR count). The zero-order chi connectivity index (χ0) is 16.7. The van der Waals surface area contributed by atoms with Crippen molar-refractivity contribution in [1.82, 2.24) is 4.90 Å². The highest BCUT2D eigenvalue weighted by atomic mass is 79.9.